The fourth-order valence-corrected chi connectivity index (χ4v) is 4.50. The van der Waals surface area contributed by atoms with E-state index < -0.39 is 0 Å². The van der Waals surface area contributed by atoms with Crippen LogP contribution in [0.4, 0.5) is 5.69 Å². The Morgan fingerprint density at radius 2 is 1.77 bits per heavy atom. The number of rotatable bonds is 9. The highest BCUT2D eigenvalue weighted by Crippen LogP contribution is 2.38. The normalized spacial score (nSPS) is 11.5. The molecular formula is C29H29NO4S. The van der Waals surface area contributed by atoms with Crippen molar-refractivity contribution in [1.82, 2.24) is 0 Å². The van der Waals surface area contributed by atoms with Crippen LogP contribution in [0, 0.1) is 0 Å². The van der Waals surface area contributed by atoms with Gasteiger partial charge in [0.15, 0.2) is 0 Å². The largest absolute Gasteiger partial charge is 0.494 e. The van der Waals surface area contributed by atoms with Crippen LogP contribution in [-0.2, 0) is 4.79 Å². The van der Waals surface area contributed by atoms with Gasteiger partial charge in [-0.2, -0.15) is 0 Å². The maximum Gasteiger partial charge on any atom is 0.248 e. The van der Waals surface area contributed by atoms with Crippen molar-refractivity contribution in [2.75, 3.05) is 24.8 Å². The number of fused-ring (bicyclic) bond motifs is 1. The summed E-state index contributed by atoms with van der Waals surface area (Å²) in [6.45, 7) is 6.95. The first-order valence-electron chi connectivity index (χ1n) is 11.6. The average Bonchev–Trinajstić information content (AvgIpc) is 3.27. The molecule has 3 aromatic carbocycles. The number of ether oxygens (including phenoxy) is 2. The molecule has 0 aliphatic heterocycles. The smallest absolute Gasteiger partial charge is 0.248 e. The van der Waals surface area contributed by atoms with E-state index in [4.69, 9.17) is 13.9 Å². The van der Waals surface area contributed by atoms with Gasteiger partial charge < -0.3 is 19.2 Å². The predicted molar refractivity (Wildman–Crippen MR) is 144 cm³/mol. The molecule has 0 radical (unpaired) electrons. The highest BCUT2D eigenvalue weighted by molar-refractivity contribution is 7.98. The van der Waals surface area contributed by atoms with E-state index in [1.165, 1.54) is 0 Å². The minimum atomic E-state index is -0.189. The second-order valence-electron chi connectivity index (χ2n) is 7.90. The number of para-hydroxylation sites is 1. The van der Waals surface area contributed by atoms with E-state index in [2.05, 4.69) is 5.32 Å². The van der Waals surface area contributed by atoms with Crippen LogP contribution < -0.4 is 14.8 Å². The zero-order chi connectivity index (χ0) is 24.8. The van der Waals surface area contributed by atoms with Gasteiger partial charge in [-0.25, -0.2) is 0 Å². The highest BCUT2D eigenvalue weighted by atomic mass is 32.2. The molecule has 0 bridgehead atoms. The fourth-order valence-electron chi connectivity index (χ4n) is 3.95. The SMILES string of the molecule is CCOc1ccc(-c2coc3cc(OCC)c(/C(C)=C/C(=O)Nc4ccccc4SC)cc23)cc1. The molecule has 0 aliphatic carbocycles. The van der Waals surface area contributed by atoms with Crippen molar-refractivity contribution in [3.05, 3.63) is 78.6 Å². The van der Waals surface area contributed by atoms with Crippen LogP contribution in [0.25, 0.3) is 27.7 Å². The summed E-state index contributed by atoms with van der Waals surface area (Å²) in [4.78, 5) is 13.9. The molecule has 4 rings (SSSR count). The Balaban J connectivity index is 1.70. The van der Waals surface area contributed by atoms with Crippen molar-refractivity contribution in [3.8, 4) is 22.6 Å². The van der Waals surface area contributed by atoms with Gasteiger partial charge in [0.2, 0.25) is 5.91 Å². The lowest BCUT2D eigenvalue weighted by Crippen LogP contribution is -2.09. The van der Waals surface area contributed by atoms with Gasteiger partial charge in [-0.15, -0.1) is 11.8 Å². The van der Waals surface area contributed by atoms with Crippen LogP contribution in [0.3, 0.4) is 0 Å². The molecule has 0 fully saturated rings. The number of hydrogen-bond donors (Lipinski definition) is 1. The third kappa shape index (κ3) is 5.54. The first-order chi connectivity index (χ1) is 17.0. The van der Waals surface area contributed by atoms with Gasteiger partial charge in [0.05, 0.1) is 25.2 Å². The van der Waals surface area contributed by atoms with Crippen molar-refractivity contribution in [2.45, 2.75) is 25.7 Å². The number of allylic oxidation sites excluding steroid dienone is 1. The van der Waals surface area contributed by atoms with Crippen molar-refractivity contribution in [3.63, 3.8) is 0 Å². The van der Waals surface area contributed by atoms with Crippen LogP contribution in [-0.4, -0.2) is 25.4 Å². The molecule has 0 saturated heterocycles. The van der Waals surface area contributed by atoms with Gasteiger partial charge in [-0.1, -0.05) is 24.3 Å². The molecule has 6 heteroatoms. The minimum Gasteiger partial charge on any atom is -0.494 e. The van der Waals surface area contributed by atoms with E-state index in [9.17, 15) is 4.79 Å². The van der Waals surface area contributed by atoms with E-state index in [0.29, 0.717) is 19.0 Å². The molecule has 0 unspecified atom stereocenters. The van der Waals surface area contributed by atoms with E-state index in [-0.39, 0.29) is 5.91 Å². The Hall–Kier alpha value is -3.64. The Bertz CT molecular complexity index is 1360. The van der Waals surface area contributed by atoms with Crippen LogP contribution in [0.2, 0.25) is 0 Å². The molecular weight excluding hydrogens is 458 g/mol. The van der Waals surface area contributed by atoms with Crippen LogP contribution in [0.15, 0.2) is 82.3 Å². The molecule has 5 nitrogen and oxygen atoms in total. The summed E-state index contributed by atoms with van der Waals surface area (Å²) in [6, 6.07) is 19.6. The number of carbonyl (C=O) groups is 1. The van der Waals surface area contributed by atoms with E-state index in [0.717, 1.165) is 49.6 Å². The first-order valence-corrected chi connectivity index (χ1v) is 12.8. The van der Waals surface area contributed by atoms with Gasteiger partial charge in [-0.05, 0) is 68.5 Å². The zero-order valence-electron chi connectivity index (χ0n) is 20.4. The average molecular weight is 488 g/mol. The minimum absolute atomic E-state index is 0.189. The maximum atomic E-state index is 12.9. The van der Waals surface area contributed by atoms with E-state index in [1.807, 2.05) is 87.7 Å². The summed E-state index contributed by atoms with van der Waals surface area (Å²) in [7, 11) is 0. The van der Waals surface area contributed by atoms with Crippen molar-refractivity contribution in [1.29, 1.82) is 0 Å². The highest BCUT2D eigenvalue weighted by Gasteiger charge is 2.16. The molecule has 1 aromatic heterocycles. The number of hydrogen-bond acceptors (Lipinski definition) is 5. The summed E-state index contributed by atoms with van der Waals surface area (Å²) >= 11 is 1.59. The molecule has 0 aliphatic rings. The van der Waals surface area contributed by atoms with E-state index in [1.54, 1.807) is 24.1 Å². The third-order valence-corrected chi connectivity index (χ3v) is 6.38. The third-order valence-electron chi connectivity index (χ3n) is 5.59. The van der Waals surface area contributed by atoms with Gasteiger partial charge in [0.1, 0.15) is 17.1 Å². The van der Waals surface area contributed by atoms with Crippen LogP contribution in [0.5, 0.6) is 11.5 Å². The number of amides is 1. The molecule has 4 aromatic rings. The van der Waals surface area contributed by atoms with Gasteiger partial charge in [0.25, 0.3) is 0 Å². The summed E-state index contributed by atoms with van der Waals surface area (Å²) < 4.78 is 17.4. The summed E-state index contributed by atoms with van der Waals surface area (Å²) in [5.74, 6) is 1.32. The summed E-state index contributed by atoms with van der Waals surface area (Å²) in [5.41, 5.74) is 5.16. The number of thioether (sulfide) groups is 1. The van der Waals surface area contributed by atoms with Crippen molar-refractivity contribution < 1.29 is 18.7 Å². The molecule has 0 spiro atoms. The number of nitrogens with one attached hydrogen (secondary N) is 1. The maximum absolute atomic E-state index is 12.9. The monoisotopic (exact) mass is 487 g/mol. The molecule has 180 valence electrons. The molecule has 1 heterocycles. The van der Waals surface area contributed by atoms with Gasteiger partial charge in [-0.3, -0.25) is 4.79 Å². The Morgan fingerprint density at radius 1 is 1.03 bits per heavy atom. The van der Waals surface area contributed by atoms with Crippen molar-refractivity contribution in [2.24, 2.45) is 0 Å². The lowest BCUT2D eigenvalue weighted by Gasteiger charge is -2.12. The molecule has 1 N–H and O–H groups in total. The molecule has 35 heavy (non-hydrogen) atoms. The summed E-state index contributed by atoms with van der Waals surface area (Å²) in [5, 5.41) is 3.94. The van der Waals surface area contributed by atoms with Gasteiger partial charge in [0, 0.05) is 33.6 Å². The second kappa shape index (κ2) is 11.2. The van der Waals surface area contributed by atoms with E-state index >= 15 is 0 Å². The fraction of sp³-hybridized carbons (Fsp3) is 0.207. The second-order valence-corrected chi connectivity index (χ2v) is 8.75. The van der Waals surface area contributed by atoms with Crippen LogP contribution in [0.1, 0.15) is 26.3 Å². The number of anilines is 1. The van der Waals surface area contributed by atoms with Crippen LogP contribution >= 0.6 is 11.8 Å². The standard InChI is InChI=1S/C29H29NO4S/c1-5-32-21-13-11-20(12-14-21)24-18-34-27-17-26(33-6-2)22(16-23(24)27)19(3)15-29(31)30-25-9-7-8-10-28(25)35-4/h7-18H,5-6H2,1-4H3,(H,30,31)/b19-15+. The molecule has 0 atom stereocenters. The summed E-state index contributed by atoms with van der Waals surface area (Å²) in [6.07, 6.45) is 5.35. The Labute approximate surface area is 210 Å². The first kappa shape index (κ1) is 24.5. The van der Waals surface area contributed by atoms with Crippen molar-refractivity contribution >= 4 is 39.9 Å². The van der Waals surface area contributed by atoms with Gasteiger partial charge >= 0.3 is 0 Å². The number of benzene rings is 3. The Kier molecular flexibility index (Phi) is 7.83. The lowest BCUT2D eigenvalue weighted by molar-refractivity contribution is -0.111. The Morgan fingerprint density at radius 3 is 2.49 bits per heavy atom. The topological polar surface area (TPSA) is 60.7 Å². The number of furan rings is 1. The predicted octanol–water partition coefficient (Wildman–Crippen LogP) is 7.66. The quantitative estimate of drug-likeness (QED) is 0.194. The number of carbonyl (C=O) groups excluding carboxylic acids is 1. The molecule has 1 amide bonds. The molecule has 0 saturated carbocycles. The zero-order valence-corrected chi connectivity index (χ0v) is 21.2. The lowest BCUT2D eigenvalue weighted by atomic mass is 9.99.